The first-order valence-electron chi connectivity index (χ1n) is 5.77. The van der Waals surface area contributed by atoms with Crippen LogP contribution < -0.4 is 4.90 Å². The molecule has 1 N–H and O–H groups in total. The Balaban J connectivity index is 3.12. The second-order valence-corrected chi connectivity index (χ2v) is 4.18. The third-order valence-corrected chi connectivity index (χ3v) is 2.80. The zero-order valence-corrected chi connectivity index (χ0v) is 10.6. The van der Waals surface area contributed by atoms with Crippen LogP contribution in [0.2, 0.25) is 0 Å². The van der Waals surface area contributed by atoms with Gasteiger partial charge in [-0.2, -0.15) is 13.2 Å². The molecule has 0 aliphatic carbocycles. The SMILES string of the molecule is CCC(C)N(CC(=O)O)c1cc(C(F)(F)F)ccn1. The summed E-state index contributed by atoms with van der Waals surface area (Å²) >= 11 is 0. The van der Waals surface area contributed by atoms with Crippen LogP contribution in [-0.2, 0) is 11.0 Å². The number of halogens is 3. The number of hydrogen-bond acceptors (Lipinski definition) is 3. The van der Waals surface area contributed by atoms with Crippen molar-refractivity contribution in [2.24, 2.45) is 0 Å². The molecule has 1 unspecified atom stereocenters. The summed E-state index contributed by atoms with van der Waals surface area (Å²) in [4.78, 5) is 16.0. The summed E-state index contributed by atoms with van der Waals surface area (Å²) in [6.45, 7) is 3.18. The van der Waals surface area contributed by atoms with Gasteiger partial charge in [-0.1, -0.05) is 6.92 Å². The second kappa shape index (κ2) is 5.90. The lowest BCUT2D eigenvalue weighted by molar-refractivity contribution is -0.137. The average molecular weight is 276 g/mol. The molecule has 0 saturated carbocycles. The third-order valence-electron chi connectivity index (χ3n) is 2.80. The molecule has 19 heavy (non-hydrogen) atoms. The zero-order chi connectivity index (χ0) is 14.6. The number of aliphatic carboxylic acids is 1. The fraction of sp³-hybridized carbons (Fsp3) is 0.500. The summed E-state index contributed by atoms with van der Waals surface area (Å²) in [5.74, 6) is -1.09. The third kappa shape index (κ3) is 4.11. The van der Waals surface area contributed by atoms with Gasteiger partial charge in [-0.25, -0.2) is 4.98 Å². The Morgan fingerprint density at radius 3 is 2.63 bits per heavy atom. The molecule has 4 nitrogen and oxygen atoms in total. The van der Waals surface area contributed by atoms with Crippen molar-refractivity contribution in [3.8, 4) is 0 Å². The minimum absolute atomic E-state index is 0.0200. The number of aromatic nitrogens is 1. The van der Waals surface area contributed by atoms with Gasteiger partial charge in [0, 0.05) is 12.2 Å². The molecule has 0 aliphatic rings. The lowest BCUT2D eigenvalue weighted by Crippen LogP contribution is -2.37. The molecule has 0 aromatic carbocycles. The summed E-state index contributed by atoms with van der Waals surface area (Å²) in [6.07, 6.45) is -2.83. The van der Waals surface area contributed by atoms with Gasteiger partial charge in [-0.15, -0.1) is 0 Å². The smallest absolute Gasteiger partial charge is 0.416 e. The van der Waals surface area contributed by atoms with Crippen LogP contribution >= 0.6 is 0 Å². The second-order valence-electron chi connectivity index (χ2n) is 4.18. The number of nitrogens with zero attached hydrogens (tertiary/aromatic N) is 2. The Morgan fingerprint density at radius 2 is 2.16 bits per heavy atom. The van der Waals surface area contributed by atoms with E-state index in [0.29, 0.717) is 6.42 Å². The van der Waals surface area contributed by atoms with Crippen molar-refractivity contribution < 1.29 is 23.1 Å². The standard InChI is InChI=1S/C12H15F3N2O2/c1-3-8(2)17(7-11(18)19)10-6-9(4-5-16-10)12(13,14)15/h4-6,8H,3,7H2,1-2H3,(H,18,19). The van der Waals surface area contributed by atoms with Crippen LogP contribution in [0.25, 0.3) is 0 Å². The predicted octanol–water partition coefficient (Wildman–Crippen LogP) is 2.79. The first-order chi connectivity index (χ1) is 8.75. The van der Waals surface area contributed by atoms with Gasteiger partial charge >= 0.3 is 12.1 Å². The van der Waals surface area contributed by atoms with Gasteiger partial charge in [0.25, 0.3) is 0 Å². The van der Waals surface area contributed by atoms with Crippen LogP contribution in [0.5, 0.6) is 0 Å². The first-order valence-corrected chi connectivity index (χ1v) is 5.77. The molecule has 0 spiro atoms. The molecule has 106 valence electrons. The summed E-state index contributed by atoms with van der Waals surface area (Å²) in [5.41, 5.74) is -0.837. The Bertz CT molecular complexity index is 449. The van der Waals surface area contributed by atoms with Gasteiger partial charge in [-0.05, 0) is 25.5 Å². The van der Waals surface area contributed by atoms with Crippen LogP contribution in [0.4, 0.5) is 19.0 Å². The molecule has 0 amide bonds. The maximum Gasteiger partial charge on any atom is 0.416 e. The number of anilines is 1. The highest BCUT2D eigenvalue weighted by molar-refractivity contribution is 5.73. The molecule has 1 aromatic heterocycles. The lowest BCUT2D eigenvalue weighted by Gasteiger charge is -2.28. The quantitative estimate of drug-likeness (QED) is 0.898. The Labute approximate surface area is 108 Å². The monoisotopic (exact) mass is 276 g/mol. The van der Waals surface area contributed by atoms with Crippen molar-refractivity contribution in [2.45, 2.75) is 32.5 Å². The summed E-state index contributed by atoms with van der Waals surface area (Å²) in [6, 6.07) is 1.51. The number of carboxylic acids is 1. The van der Waals surface area contributed by atoms with E-state index in [1.807, 2.05) is 6.92 Å². The van der Waals surface area contributed by atoms with E-state index in [-0.39, 0.29) is 18.4 Å². The normalized spacial score (nSPS) is 13.1. The van der Waals surface area contributed by atoms with Crippen molar-refractivity contribution in [1.29, 1.82) is 0 Å². The number of carboxylic acid groups (broad SMARTS) is 1. The van der Waals surface area contributed by atoms with E-state index in [2.05, 4.69) is 4.98 Å². The molecule has 7 heteroatoms. The highest BCUT2D eigenvalue weighted by atomic mass is 19.4. The van der Waals surface area contributed by atoms with Gasteiger partial charge in [0.2, 0.25) is 0 Å². The molecule has 1 aromatic rings. The van der Waals surface area contributed by atoms with E-state index < -0.39 is 17.7 Å². The summed E-state index contributed by atoms with van der Waals surface area (Å²) < 4.78 is 37.8. The molecule has 1 heterocycles. The molecular weight excluding hydrogens is 261 g/mol. The molecule has 1 atom stereocenters. The molecule has 0 saturated heterocycles. The highest BCUT2D eigenvalue weighted by Crippen LogP contribution is 2.31. The van der Waals surface area contributed by atoms with Crippen LogP contribution in [0.3, 0.4) is 0 Å². The molecule has 0 bridgehead atoms. The minimum Gasteiger partial charge on any atom is -0.480 e. The Hall–Kier alpha value is -1.79. The lowest BCUT2D eigenvalue weighted by atomic mass is 10.2. The fourth-order valence-electron chi connectivity index (χ4n) is 1.58. The minimum atomic E-state index is -4.47. The summed E-state index contributed by atoms with van der Waals surface area (Å²) in [5, 5.41) is 8.83. The number of carbonyl (C=O) groups is 1. The van der Waals surface area contributed by atoms with Crippen molar-refractivity contribution >= 4 is 11.8 Å². The van der Waals surface area contributed by atoms with Crippen LogP contribution in [0, 0.1) is 0 Å². The number of alkyl halides is 3. The largest absolute Gasteiger partial charge is 0.480 e. The Kier molecular flexibility index (Phi) is 4.74. The van der Waals surface area contributed by atoms with E-state index in [1.165, 1.54) is 4.90 Å². The summed E-state index contributed by atoms with van der Waals surface area (Å²) in [7, 11) is 0. The maximum atomic E-state index is 12.6. The number of pyridine rings is 1. The topological polar surface area (TPSA) is 53.4 Å². The van der Waals surface area contributed by atoms with E-state index in [0.717, 1.165) is 18.3 Å². The average Bonchev–Trinajstić information content (AvgIpc) is 2.34. The molecule has 0 aliphatic heterocycles. The van der Waals surface area contributed by atoms with E-state index in [1.54, 1.807) is 6.92 Å². The van der Waals surface area contributed by atoms with Gasteiger partial charge in [0.15, 0.2) is 0 Å². The van der Waals surface area contributed by atoms with E-state index in [9.17, 15) is 18.0 Å². The van der Waals surface area contributed by atoms with Gasteiger partial charge < -0.3 is 10.0 Å². The highest BCUT2D eigenvalue weighted by Gasteiger charge is 2.31. The maximum absolute atomic E-state index is 12.6. The number of rotatable bonds is 5. The molecule has 1 rings (SSSR count). The van der Waals surface area contributed by atoms with Gasteiger partial charge in [0.1, 0.15) is 12.4 Å². The van der Waals surface area contributed by atoms with E-state index >= 15 is 0 Å². The van der Waals surface area contributed by atoms with Crippen LogP contribution in [0.1, 0.15) is 25.8 Å². The van der Waals surface area contributed by atoms with Crippen molar-refractivity contribution in [2.75, 3.05) is 11.4 Å². The van der Waals surface area contributed by atoms with Crippen LogP contribution in [-0.4, -0.2) is 28.6 Å². The van der Waals surface area contributed by atoms with Crippen LogP contribution in [0.15, 0.2) is 18.3 Å². The molecular formula is C12H15F3N2O2. The van der Waals surface area contributed by atoms with Crippen molar-refractivity contribution in [3.05, 3.63) is 23.9 Å². The Morgan fingerprint density at radius 1 is 1.53 bits per heavy atom. The van der Waals surface area contributed by atoms with Crippen molar-refractivity contribution in [1.82, 2.24) is 4.98 Å². The zero-order valence-electron chi connectivity index (χ0n) is 10.6. The fourth-order valence-corrected chi connectivity index (χ4v) is 1.58. The van der Waals surface area contributed by atoms with E-state index in [4.69, 9.17) is 5.11 Å². The first kappa shape index (κ1) is 15.3. The molecule has 0 fully saturated rings. The molecule has 0 radical (unpaired) electrons. The van der Waals surface area contributed by atoms with Crippen molar-refractivity contribution in [3.63, 3.8) is 0 Å². The van der Waals surface area contributed by atoms with Gasteiger partial charge in [-0.3, -0.25) is 4.79 Å². The predicted molar refractivity (Wildman–Crippen MR) is 64.0 cm³/mol. The van der Waals surface area contributed by atoms with Gasteiger partial charge in [0.05, 0.1) is 5.56 Å². The number of hydrogen-bond donors (Lipinski definition) is 1.